The average molecular weight is 172 g/mol. The Kier molecular flexibility index (Phi) is 1.48. The predicted molar refractivity (Wildman–Crippen MR) is 42.3 cm³/mol. The zero-order valence-electron chi connectivity index (χ0n) is 4.89. The van der Waals surface area contributed by atoms with E-state index in [-0.39, 0.29) is 0 Å². The zero-order chi connectivity index (χ0) is 6.81. The summed E-state index contributed by atoms with van der Waals surface area (Å²) < 4.78 is 5.57. The summed E-state index contributed by atoms with van der Waals surface area (Å²) >= 11 is 2.89. The van der Waals surface area contributed by atoms with Crippen LogP contribution in [0.3, 0.4) is 0 Å². The fourth-order valence-corrected chi connectivity index (χ4v) is 1.64. The Hall–Kier alpha value is -0.750. The van der Waals surface area contributed by atoms with Crippen LogP contribution < -0.4 is 9.84 Å². The molecule has 0 aromatic carbocycles. The lowest BCUT2D eigenvalue weighted by Crippen LogP contribution is -2.22. The first-order valence-electron chi connectivity index (χ1n) is 2.62. The molecule has 0 amide bonds. The van der Waals surface area contributed by atoms with Crippen molar-refractivity contribution in [1.82, 2.24) is 15.0 Å². The molecule has 0 atom stereocenters. The van der Waals surface area contributed by atoms with E-state index in [9.17, 15) is 0 Å². The molecule has 1 N–H and O–H groups in total. The second-order valence-corrected chi connectivity index (χ2v) is 3.05. The van der Waals surface area contributed by atoms with E-state index >= 15 is 0 Å². The van der Waals surface area contributed by atoms with Crippen LogP contribution in [-0.4, -0.2) is 9.59 Å². The minimum Gasteiger partial charge on any atom is -0.293 e. The summed E-state index contributed by atoms with van der Waals surface area (Å²) in [6, 6.07) is 0. The quantitative estimate of drug-likeness (QED) is 0.639. The second kappa shape index (κ2) is 2.47. The largest absolute Gasteiger partial charge is 0.293 e. The Labute approximate surface area is 66.2 Å². The summed E-state index contributed by atoms with van der Waals surface area (Å²) in [5.74, 6) is 0.847. The van der Waals surface area contributed by atoms with Gasteiger partial charge in [0.1, 0.15) is 0 Å². The summed E-state index contributed by atoms with van der Waals surface area (Å²) in [5.41, 5.74) is 2.98. The van der Waals surface area contributed by atoms with E-state index in [0.29, 0.717) is 0 Å². The number of nitrogens with one attached hydrogen (secondary N) is 1. The van der Waals surface area contributed by atoms with Gasteiger partial charge in [-0.25, -0.2) is 4.41 Å². The van der Waals surface area contributed by atoms with Gasteiger partial charge in [0.05, 0.1) is 5.38 Å². The van der Waals surface area contributed by atoms with Crippen molar-refractivity contribution in [2.45, 2.75) is 0 Å². The van der Waals surface area contributed by atoms with Crippen LogP contribution in [0.25, 0.3) is 0 Å². The van der Waals surface area contributed by atoms with Gasteiger partial charge in [0.15, 0.2) is 5.82 Å². The lowest BCUT2D eigenvalue weighted by atomic mass is 10.8. The number of hydrogen-bond acceptors (Lipinski definition) is 6. The van der Waals surface area contributed by atoms with Crippen molar-refractivity contribution in [3.05, 3.63) is 17.0 Å². The van der Waals surface area contributed by atoms with Gasteiger partial charge < -0.3 is 0 Å². The van der Waals surface area contributed by atoms with Crippen LogP contribution >= 0.6 is 23.5 Å². The maximum Gasteiger partial charge on any atom is 0.193 e. The molecule has 1 aromatic heterocycles. The van der Waals surface area contributed by atoms with Crippen LogP contribution in [0.15, 0.2) is 17.0 Å². The third kappa shape index (κ3) is 0.952. The highest BCUT2D eigenvalue weighted by Gasteiger charge is 2.09. The number of anilines is 1. The van der Waals surface area contributed by atoms with Crippen molar-refractivity contribution in [1.29, 1.82) is 0 Å². The lowest BCUT2D eigenvalue weighted by Gasteiger charge is -2.10. The van der Waals surface area contributed by atoms with Gasteiger partial charge in [0.25, 0.3) is 0 Å². The second-order valence-electron chi connectivity index (χ2n) is 1.59. The standard InChI is InChI=1S/C4H4N4S2/c1-2-10-8(5-1)4-3-9-7-6-4/h1-3,5H. The summed E-state index contributed by atoms with van der Waals surface area (Å²) in [7, 11) is 0. The Bertz CT molecular complexity index is 223. The summed E-state index contributed by atoms with van der Waals surface area (Å²) in [6.45, 7) is 0. The fraction of sp³-hybridized carbons (Fsp3) is 0. The smallest absolute Gasteiger partial charge is 0.193 e. The summed E-state index contributed by atoms with van der Waals surface area (Å²) in [6.07, 6.45) is 1.85. The molecule has 0 spiro atoms. The highest BCUT2D eigenvalue weighted by molar-refractivity contribution is 8.03. The molecule has 6 heteroatoms. The van der Waals surface area contributed by atoms with Crippen LogP contribution in [-0.2, 0) is 0 Å². The summed E-state index contributed by atoms with van der Waals surface area (Å²) in [4.78, 5) is 0. The number of hydrazine groups is 1. The van der Waals surface area contributed by atoms with Gasteiger partial charge >= 0.3 is 0 Å². The third-order valence-electron chi connectivity index (χ3n) is 0.983. The Morgan fingerprint density at radius 2 is 2.60 bits per heavy atom. The van der Waals surface area contributed by atoms with Crippen molar-refractivity contribution in [2.75, 3.05) is 4.41 Å². The van der Waals surface area contributed by atoms with E-state index in [1.54, 1.807) is 11.9 Å². The molecule has 0 unspecified atom stereocenters. The maximum absolute atomic E-state index is 3.87. The molecule has 1 aliphatic rings. The summed E-state index contributed by atoms with van der Waals surface area (Å²) in [5, 5.41) is 7.70. The molecule has 0 saturated heterocycles. The number of hydrogen-bond donors (Lipinski definition) is 1. The molecular weight excluding hydrogens is 168 g/mol. The van der Waals surface area contributed by atoms with Gasteiger partial charge in [-0.2, -0.15) is 0 Å². The molecule has 1 aliphatic heterocycles. The van der Waals surface area contributed by atoms with Crippen LogP contribution in [0.5, 0.6) is 0 Å². The van der Waals surface area contributed by atoms with E-state index in [1.165, 1.54) is 11.5 Å². The van der Waals surface area contributed by atoms with Crippen molar-refractivity contribution < 1.29 is 0 Å². The number of aromatic nitrogens is 2. The van der Waals surface area contributed by atoms with E-state index in [0.717, 1.165) is 5.82 Å². The van der Waals surface area contributed by atoms with Gasteiger partial charge in [0, 0.05) is 23.6 Å². The van der Waals surface area contributed by atoms with Crippen LogP contribution in [0.4, 0.5) is 5.82 Å². The normalized spacial score (nSPS) is 15.8. The van der Waals surface area contributed by atoms with Crippen molar-refractivity contribution in [2.24, 2.45) is 0 Å². The van der Waals surface area contributed by atoms with Crippen molar-refractivity contribution >= 4 is 29.3 Å². The lowest BCUT2D eigenvalue weighted by molar-refractivity contribution is 0.943. The topological polar surface area (TPSA) is 41.1 Å². The van der Waals surface area contributed by atoms with Crippen LogP contribution in [0.1, 0.15) is 0 Å². The first-order chi connectivity index (χ1) is 4.97. The first kappa shape index (κ1) is 5.99. The molecule has 0 aliphatic carbocycles. The SMILES string of the molecule is C1=CSN(c2csnn2)N1. The highest BCUT2D eigenvalue weighted by atomic mass is 32.2. The predicted octanol–water partition coefficient (Wildman–Crippen LogP) is 0.982. The zero-order valence-corrected chi connectivity index (χ0v) is 6.52. The van der Waals surface area contributed by atoms with Gasteiger partial charge in [-0.3, -0.25) is 5.43 Å². The molecule has 1 aromatic rings. The molecule has 2 rings (SSSR count). The van der Waals surface area contributed by atoms with Gasteiger partial charge in [-0.05, 0) is 11.5 Å². The molecule has 10 heavy (non-hydrogen) atoms. The number of nitrogens with zero attached hydrogens (tertiary/aromatic N) is 3. The van der Waals surface area contributed by atoms with E-state index < -0.39 is 0 Å². The van der Waals surface area contributed by atoms with Gasteiger partial charge in [-0.1, -0.05) is 4.49 Å². The highest BCUT2D eigenvalue weighted by Crippen LogP contribution is 2.21. The van der Waals surface area contributed by atoms with E-state index in [4.69, 9.17) is 0 Å². The molecule has 0 saturated carbocycles. The number of rotatable bonds is 1. The van der Waals surface area contributed by atoms with Crippen molar-refractivity contribution in [3.63, 3.8) is 0 Å². The Morgan fingerprint density at radius 1 is 1.60 bits per heavy atom. The molecule has 4 nitrogen and oxygen atoms in total. The minimum absolute atomic E-state index is 0.847. The Morgan fingerprint density at radius 3 is 3.20 bits per heavy atom. The maximum atomic E-state index is 3.87. The van der Waals surface area contributed by atoms with Gasteiger partial charge in [-0.15, -0.1) is 5.10 Å². The molecule has 2 heterocycles. The molecule has 0 radical (unpaired) electrons. The van der Waals surface area contributed by atoms with E-state index in [2.05, 4.69) is 15.0 Å². The van der Waals surface area contributed by atoms with Crippen molar-refractivity contribution in [3.8, 4) is 0 Å². The first-order valence-corrected chi connectivity index (χ1v) is 4.29. The molecule has 0 fully saturated rings. The fourth-order valence-electron chi connectivity index (χ4n) is 0.588. The Balaban J connectivity index is 2.14. The van der Waals surface area contributed by atoms with Gasteiger partial charge in [0.2, 0.25) is 0 Å². The third-order valence-corrected chi connectivity index (χ3v) is 2.24. The minimum atomic E-state index is 0.847. The molecular formula is C4H4N4S2. The molecule has 52 valence electrons. The van der Waals surface area contributed by atoms with Crippen LogP contribution in [0.2, 0.25) is 0 Å². The molecule has 0 bridgehead atoms. The van der Waals surface area contributed by atoms with E-state index in [1.807, 2.05) is 21.4 Å². The monoisotopic (exact) mass is 172 g/mol. The van der Waals surface area contributed by atoms with Crippen LogP contribution in [0, 0.1) is 0 Å². The average Bonchev–Trinajstić information content (AvgIpc) is 2.59.